The molecule has 0 saturated carbocycles. The van der Waals surface area contributed by atoms with E-state index in [1.807, 2.05) is 0 Å². The first-order valence-electron chi connectivity index (χ1n) is 5.77. The lowest BCUT2D eigenvalue weighted by molar-refractivity contribution is -0.138. The summed E-state index contributed by atoms with van der Waals surface area (Å²) >= 11 is 3.05. The third-order valence-corrected chi connectivity index (χ3v) is 3.32. The summed E-state index contributed by atoms with van der Waals surface area (Å²) in [4.78, 5) is 4.03. The van der Waals surface area contributed by atoms with Gasteiger partial charge in [-0.1, -0.05) is 22.0 Å². The lowest BCUT2D eigenvalue weighted by Crippen LogP contribution is -2.08. The molecule has 0 fully saturated rings. The van der Waals surface area contributed by atoms with Gasteiger partial charge in [0.05, 0.1) is 11.3 Å². The predicted octanol–water partition coefficient (Wildman–Crippen LogP) is 5.10. The van der Waals surface area contributed by atoms with Crippen LogP contribution in [-0.4, -0.2) is 4.98 Å². The number of hydrogen-bond acceptors (Lipinski definition) is 2. The Morgan fingerprint density at radius 2 is 2.00 bits per heavy atom. The summed E-state index contributed by atoms with van der Waals surface area (Å²) in [5.41, 5.74) is 0.0896. The van der Waals surface area contributed by atoms with Gasteiger partial charge in [-0.15, -0.1) is 0 Å². The molecule has 0 saturated heterocycles. The van der Waals surface area contributed by atoms with Gasteiger partial charge in [-0.2, -0.15) is 13.2 Å². The van der Waals surface area contributed by atoms with Gasteiger partial charge in [-0.3, -0.25) is 4.98 Å². The van der Waals surface area contributed by atoms with Crippen molar-refractivity contribution in [3.8, 4) is 11.5 Å². The Morgan fingerprint density at radius 1 is 1.25 bits per heavy atom. The molecular formula is C14H11BrF3NO. The topological polar surface area (TPSA) is 22.1 Å². The summed E-state index contributed by atoms with van der Waals surface area (Å²) in [5, 5.41) is 0.133. The van der Waals surface area contributed by atoms with Crippen LogP contribution in [0.25, 0.3) is 0 Å². The average Bonchev–Trinajstić information content (AvgIpc) is 2.40. The maximum absolute atomic E-state index is 12.9. The highest BCUT2D eigenvalue weighted by Gasteiger charge is 2.33. The second-order valence-electron chi connectivity index (χ2n) is 4.14. The Kier molecular flexibility index (Phi) is 4.32. The third kappa shape index (κ3) is 3.30. The van der Waals surface area contributed by atoms with Crippen molar-refractivity contribution in [3.63, 3.8) is 0 Å². The minimum absolute atomic E-state index is 0.133. The Bertz CT molecular complexity index is 614. The van der Waals surface area contributed by atoms with Crippen molar-refractivity contribution in [1.29, 1.82) is 0 Å². The maximum Gasteiger partial charge on any atom is 0.416 e. The van der Waals surface area contributed by atoms with E-state index in [-0.39, 0.29) is 16.6 Å². The Balaban J connectivity index is 2.37. The second-order valence-corrected chi connectivity index (χ2v) is 4.70. The lowest BCUT2D eigenvalue weighted by Gasteiger charge is -2.14. The number of rotatable bonds is 3. The molecule has 1 aromatic carbocycles. The van der Waals surface area contributed by atoms with Crippen molar-refractivity contribution >= 4 is 15.9 Å². The zero-order chi connectivity index (χ0) is 14.8. The van der Waals surface area contributed by atoms with Gasteiger partial charge in [0.25, 0.3) is 0 Å². The van der Waals surface area contributed by atoms with Crippen LogP contribution in [0, 0.1) is 6.92 Å². The first-order chi connectivity index (χ1) is 9.41. The monoisotopic (exact) mass is 345 g/mol. The van der Waals surface area contributed by atoms with Crippen LogP contribution in [0.15, 0.2) is 36.5 Å². The van der Waals surface area contributed by atoms with E-state index in [1.165, 1.54) is 12.1 Å². The van der Waals surface area contributed by atoms with Gasteiger partial charge in [0.1, 0.15) is 11.5 Å². The van der Waals surface area contributed by atoms with E-state index >= 15 is 0 Å². The zero-order valence-corrected chi connectivity index (χ0v) is 12.1. The van der Waals surface area contributed by atoms with Crippen molar-refractivity contribution in [3.05, 3.63) is 53.3 Å². The summed E-state index contributed by atoms with van der Waals surface area (Å²) in [6, 6.07) is 7.24. The number of alkyl halides is 4. The molecule has 0 aliphatic rings. The SMILES string of the molecule is Cc1ncccc1Oc1ccc(CBr)c(C(F)(F)F)c1. The molecule has 0 radical (unpaired) electrons. The largest absolute Gasteiger partial charge is 0.455 e. The molecule has 0 N–H and O–H groups in total. The van der Waals surface area contributed by atoms with E-state index in [1.54, 1.807) is 25.3 Å². The molecule has 20 heavy (non-hydrogen) atoms. The summed E-state index contributed by atoms with van der Waals surface area (Å²) in [6.45, 7) is 1.73. The minimum atomic E-state index is -4.41. The number of aromatic nitrogens is 1. The van der Waals surface area contributed by atoms with E-state index in [0.29, 0.717) is 11.4 Å². The molecule has 2 nitrogen and oxygen atoms in total. The summed E-state index contributed by atoms with van der Waals surface area (Å²) in [7, 11) is 0. The summed E-state index contributed by atoms with van der Waals surface area (Å²) in [6.07, 6.45) is -2.82. The van der Waals surface area contributed by atoms with Crippen molar-refractivity contribution in [2.24, 2.45) is 0 Å². The molecular weight excluding hydrogens is 335 g/mol. The van der Waals surface area contributed by atoms with Gasteiger partial charge in [-0.05, 0) is 36.8 Å². The van der Waals surface area contributed by atoms with E-state index in [9.17, 15) is 13.2 Å². The number of benzene rings is 1. The molecule has 1 heterocycles. The standard InChI is InChI=1S/C14H11BrF3NO/c1-9-13(3-2-6-19-9)20-11-5-4-10(8-15)12(7-11)14(16,17)18/h2-7H,8H2,1H3. The molecule has 0 aliphatic heterocycles. The molecule has 2 rings (SSSR count). The van der Waals surface area contributed by atoms with Crippen LogP contribution in [0.1, 0.15) is 16.8 Å². The van der Waals surface area contributed by atoms with Crippen LogP contribution in [0.3, 0.4) is 0 Å². The van der Waals surface area contributed by atoms with Crippen LogP contribution in [-0.2, 0) is 11.5 Å². The molecule has 0 aliphatic carbocycles. The average molecular weight is 346 g/mol. The molecule has 106 valence electrons. The predicted molar refractivity (Wildman–Crippen MR) is 73.1 cm³/mol. The van der Waals surface area contributed by atoms with Crippen molar-refractivity contribution in [1.82, 2.24) is 4.98 Å². The van der Waals surface area contributed by atoms with E-state index in [0.717, 1.165) is 6.07 Å². The van der Waals surface area contributed by atoms with Gasteiger partial charge >= 0.3 is 6.18 Å². The highest BCUT2D eigenvalue weighted by atomic mass is 79.9. The number of halogens is 4. The summed E-state index contributed by atoms with van der Waals surface area (Å²) < 4.78 is 44.3. The fraction of sp³-hybridized carbons (Fsp3) is 0.214. The fourth-order valence-corrected chi connectivity index (χ4v) is 2.19. The smallest absolute Gasteiger partial charge is 0.416 e. The lowest BCUT2D eigenvalue weighted by atomic mass is 10.1. The first kappa shape index (κ1) is 14.8. The maximum atomic E-state index is 12.9. The minimum Gasteiger partial charge on any atom is -0.455 e. The number of hydrogen-bond donors (Lipinski definition) is 0. The van der Waals surface area contributed by atoms with E-state index in [4.69, 9.17) is 4.74 Å². The van der Waals surface area contributed by atoms with Crippen molar-refractivity contribution in [2.75, 3.05) is 0 Å². The number of nitrogens with zero attached hydrogens (tertiary/aromatic N) is 1. The van der Waals surface area contributed by atoms with Crippen molar-refractivity contribution in [2.45, 2.75) is 18.4 Å². The molecule has 0 amide bonds. The molecule has 1 aromatic heterocycles. The molecule has 6 heteroatoms. The van der Waals surface area contributed by atoms with E-state index < -0.39 is 11.7 Å². The number of ether oxygens (including phenoxy) is 1. The van der Waals surface area contributed by atoms with E-state index in [2.05, 4.69) is 20.9 Å². The Hall–Kier alpha value is -1.56. The normalized spacial score (nSPS) is 11.4. The highest BCUT2D eigenvalue weighted by Crippen LogP contribution is 2.36. The van der Waals surface area contributed by atoms with Gasteiger partial charge in [0.15, 0.2) is 0 Å². The van der Waals surface area contributed by atoms with Gasteiger partial charge in [0, 0.05) is 11.5 Å². The molecule has 0 unspecified atom stereocenters. The van der Waals surface area contributed by atoms with Crippen LogP contribution in [0.4, 0.5) is 13.2 Å². The van der Waals surface area contributed by atoms with Crippen LogP contribution in [0.5, 0.6) is 11.5 Å². The molecule has 0 atom stereocenters. The Labute approximate surface area is 122 Å². The quantitative estimate of drug-likeness (QED) is 0.722. The van der Waals surface area contributed by atoms with Crippen molar-refractivity contribution < 1.29 is 17.9 Å². The number of pyridine rings is 1. The third-order valence-electron chi connectivity index (χ3n) is 2.72. The molecule has 2 aromatic rings. The highest BCUT2D eigenvalue weighted by molar-refractivity contribution is 9.08. The Morgan fingerprint density at radius 3 is 2.60 bits per heavy atom. The first-order valence-corrected chi connectivity index (χ1v) is 6.89. The van der Waals surface area contributed by atoms with Crippen LogP contribution < -0.4 is 4.74 Å². The van der Waals surface area contributed by atoms with Gasteiger partial charge in [0.2, 0.25) is 0 Å². The van der Waals surface area contributed by atoms with Crippen LogP contribution >= 0.6 is 15.9 Å². The van der Waals surface area contributed by atoms with Gasteiger partial charge < -0.3 is 4.74 Å². The second kappa shape index (κ2) is 5.83. The number of aryl methyl sites for hydroxylation is 1. The zero-order valence-electron chi connectivity index (χ0n) is 10.5. The van der Waals surface area contributed by atoms with Gasteiger partial charge in [-0.25, -0.2) is 0 Å². The summed E-state index contributed by atoms with van der Waals surface area (Å²) in [5.74, 6) is 0.574. The van der Waals surface area contributed by atoms with Crippen LogP contribution in [0.2, 0.25) is 0 Å². The fourth-order valence-electron chi connectivity index (χ4n) is 1.70. The molecule has 0 bridgehead atoms. The molecule has 0 spiro atoms.